The molecule has 1 aromatic carbocycles. The van der Waals surface area contributed by atoms with Crippen LogP contribution in [0.3, 0.4) is 0 Å². The van der Waals surface area contributed by atoms with Gasteiger partial charge >= 0.3 is 6.18 Å². The Bertz CT molecular complexity index is 334. The van der Waals surface area contributed by atoms with E-state index in [1.807, 2.05) is 0 Å². The predicted octanol–water partition coefficient (Wildman–Crippen LogP) is 3.08. The number of halogens is 5. The first kappa shape index (κ1) is 10.1. The van der Waals surface area contributed by atoms with Crippen molar-refractivity contribution in [3.63, 3.8) is 0 Å². The van der Waals surface area contributed by atoms with Gasteiger partial charge in [0.25, 0.3) is 0 Å². The molecule has 0 aliphatic carbocycles. The van der Waals surface area contributed by atoms with Crippen LogP contribution in [0.15, 0.2) is 12.1 Å². The van der Waals surface area contributed by atoms with Crippen LogP contribution in [-0.2, 0) is 6.18 Å². The van der Waals surface area contributed by atoms with Gasteiger partial charge in [-0.3, -0.25) is 0 Å². The van der Waals surface area contributed by atoms with E-state index in [9.17, 15) is 17.6 Å². The van der Waals surface area contributed by atoms with Gasteiger partial charge in [0.05, 0.1) is 10.6 Å². The van der Waals surface area contributed by atoms with Crippen LogP contribution in [0, 0.1) is 5.82 Å². The van der Waals surface area contributed by atoms with Gasteiger partial charge in [-0.15, -0.1) is 0 Å². The van der Waals surface area contributed by atoms with Crippen LogP contribution in [0.5, 0.6) is 0 Å². The maximum Gasteiger partial charge on any atom is 0.418 e. The van der Waals surface area contributed by atoms with Crippen LogP contribution in [-0.4, -0.2) is 0 Å². The number of hydrogen-bond acceptors (Lipinski definition) is 1. The molecule has 2 N–H and O–H groups in total. The lowest BCUT2D eigenvalue weighted by molar-refractivity contribution is -0.136. The van der Waals surface area contributed by atoms with E-state index >= 15 is 0 Å². The summed E-state index contributed by atoms with van der Waals surface area (Å²) in [7, 11) is 0. The van der Waals surface area contributed by atoms with E-state index in [4.69, 9.17) is 17.3 Å². The van der Waals surface area contributed by atoms with Gasteiger partial charge in [0.2, 0.25) is 0 Å². The molecule has 0 saturated heterocycles. The first-order chi connectivity index (χ1) is 5.82. The molecule has 0 spiro atoms. The zero-order valence-corrected chi connectivity index (χ0v) is 6.88. The molecule has 0 atom stereocenters. The minimum Gasteiger partial charge on any atom is -0.398 e. The Labute approximate surface area is 76.1 Å². The molecule has 0 aromatic heterocycles. The highest BCUT2D eigenvalue weighted by Gasteiger charge is 2.33. The number of benzene rings is 1. The average Bonchev–Trinajstić information content (AvgIpc) is 1.94. The third kappa shape index (κ3) is 2.03. The fourth-order valence-electron chi connectivity index (χ4n) is 0.808. The van der Waals surface area contributed by atoms with Gasteiger partial charge in [-0.25, -0.2) is 4.39 Å². The molecular weight excluding hydrogens is 210 g/mol. The fourth-order valence-corrected chi connectivity index (χ4v) is 0.971. The van der Waals surface area contributed by atoms with Crippen LogP contribution in [0.4, 0.5) is 23.2 Å². The van der Waals surface area contributed by atoms with Crippen molar-refractivity contribution in [3.8, 4) is 0 Å². The van der Waals surface area contributed by atoms with Crippen molar-refractivity contribution < 1.29 is 17.6 Å². The second-order valence-electron chi connectivity index (χ2n) is 2.35. The lowest BCUT2D eigenvalue weighted by atomic mass is 10.1. The van der Waals surface area contributed by atoms with E-state index < -0.39 is 28.3 Å². The maximum absolute atomic E-state index is 12.6. The normalized spacial score (nSPS) is 11.8. The molecule has 13 heavy (non-hydrogen) atoms. The first-order valence-corrected chi connectivity index (χ1v) is 3.52. The summed E-state index contributed by atoms with van der Waals surface area (Å²) in [6, 6.07) is 1.01. The number of hydrogen-bond donors (Lipinski definition) is 1. The Balaban J connectivity index is 3.32. The second kappa shape index (κ2) is 3.06. The molecule has 0 amide bonds. The molecule has 1 rings (SSSR count). The third-order valence-electron chi connectivity index (χ3n) is 1.40. The van der Waals surface area contributed by atoms with Gasteiger partial charge in [-0.1, -0.05) is 11.6 Å². The Morgan fingerprint density at radius 2 is 1.77 bits per heavy atom. The fraction of sp³-hybridized carbons (Fsp3) is 0.143. The van der Waals surface area contributed by atoms with E-state index in [1.54, 1.807) is 0 Å². The molecule has 0 heterocycles. The summed E-state index contributed by atoms with van der Waals surface area (Å²) < 4.78 is 48.9. The number of rotatable bonds is 0. The van der Waals surface area contributed by atoms with Crippen LogP contribution >= 0.6 is 11.6 Å². The summed E-state index contributed by atoms with van der Waals surface area (Å²) in [4.78, 5) is 0. The van der Waals surface area contributed by atoms with Crippen LogP contribution < -0.4 is 5.73 Å². The van der Waals surface area contributed by atoms with Crippen molar-refractivity contribution in [2.24, 2.45) is 0 Å². The topological polar surface area (TPSA) is 26.0 Å². The predicted molar refractivity (Wildman–Crippen MR) is 40.8 cm³/mol. The highest BCUT2D eigenvalue weighted by molar-refractivity contribution is 6.30. The van der Waals surface area contributed by atoms with Crippen LogP contribution in [0.1, 0.15) is 5.56 Å². The molecule has 1 aromatic rings. The zero-order valence-electron chi connectivity index (χ0n) is 6.12. The van der Waals surface area contributed by atoms with Crippen LogP contribution in [0.25, 0.3) is 0 Å². The molecular formula is C7H4ClF4N. The van der Waals surface area contributed by atoms with Gasteiger partial charge < -0.3 is 5.73 Å². The van der Waals surface area contributed by atoms with Crippen molar-refractivity contribution in [1.29, 1.82) is 0 Å². The smallest absolute Gasteiger partial charge is 0.398 e. The molecule has 0 unspecified atom stereocenters. The summed E-state index contributed by atoms with van der Waals surface area (Å²) >= 11 is 5.16. The van der Waals surface area contributed by atoms with E-state index in [0.29, 0.717) is 12.1 Å². The number of nitrogens with two attached hydrogens (primary N) is 1. The quantitative estimate of drug-likeness (QED) is 0.520. The molecule has 72 valence electrons. The third-order valence-corrected chi connectivity index (χ3v) is 1.69. The highest BCUT2D eigenvalue weighted by Crippen LogP contribution is 2.35. The Hall–Kier alpha value is -0.970. The Morgan fingerprint density at radius 1 is 1.23 bits per heavy atom. The Kier molecular flexibility index (Phi) is 2.38. The number of alkyl halides is 3. The molecule has 1 nitrogen and oxygen atoms in total. The minimum atomic E-state index is -4.61. The molecule has 0 aliphatic heterocycles. The molecule has 6 heteroatoms. The SMILES string of the molecule is Nc1cc(F)c(Cl)cc1C(F)(F)F. The van der Waals surface area contributed by atoms with E-state index in [1.165, 1.54) is 0 Å². The van der Waals surface area contributed by atoms with E-state index in [-0.39, 0.29) is 0 Å². The summed E-state index contributed by atoms with van der Waals surface area (Å²) in [6.07, 6.45) is -4.61. The van der Waals surface area contributed by atoms with Gasteiger partial charge in [-0.2, -0.15) is 13.2 Å². The van der Waals surface area contributed by atoms with Gasteiger partial charge in [0, 0.05) is 5.69 Å². The summed E-state index contributed by atoms with van der Waals surface area (Å²) in [5.74, 6) is -0.966. The minimum absolute atomic E-state index is 0.465. The van der Waals surface area contributed by atoms with Crippen molar-refractivity contribution >= 4 is 17.3 Å². The van der Waals surface area contributed by atoms with Crippen molar-refractivity contribution in [3.05, 3.63) is 28.5 Å². The monoisotopic (exact) mass is 213 g/mol. The molecule has 0 radical (unpaired) electrons. The van der Waals surface area contributed by atoms with Gasteiger partial charge in [0.1, 0.15) is 5.82 Å². The molecule has 0 aliphatic rings. The second-order valence-corrected chi connectivity index (χ2v) is 2.76. The molecule has 0 bridgehead atoms. The summed E-state index contributed by atoms with van der Waals surface area (Å²) in [6.45, 7) is 0. The van der Waals surface area contributed by atoms with E-state index in [2.05, 4.69) is 0 Å². The summed E-state index contributed by atoms with van der Waals surface area (Å²) in [5.41, 5.74) is 3.16. The lowest BCUT2D eigenvalue weighted by Gasteiger charge is -2.10. The molecule has 0 saturated carbocycles. The average molecular weight is 214 g/mol. The number of anilines is 1. The standard InChI is InChI=1S/C7H4ClF4N/c8-4-1-3(7(10,11)12)6(13)2-5(4)9/h1-2H,13H2. The van der Waals surface area contributed by atoms with Gasteiger partial charge in [0.15, 0.2) is 0 Å². The molecule has 0 fully saturated rings. The lowest BCUT2D eigenvalue weighted by Crippen LogP contribution is -2.09. The number of nitrogen functional groups attached to an aromatic ring is 1. The maximum atomic E-state index is 12.6. The highest BCUT2D eigenvalue weighted by atomic mass is 35.5. The largest absolute Gasteiger partial charge is 0.418 e. The van der Waals surface area contributed by atoms with Crippen LogP contribution in [0.2, 0.25) is 5.02 Å². The van der Waals surface area contributed by atoms with Crippen molar-refractivity contribution in [1.82, 2.24) is 0 Å². The Morgan fingerprint density at radius 3 is 2.23 bits per heavy atom. The van der Waals surface area contributed by atoms with Gasteiger partial charge in [-0.05, 0) is 12.1 Å². The first-order valence-electron chi connectivity index (χ1n) is 3.14. The van der Waals surface area contributed by atoms with E-state index in [0.717, 1.165) is 0 Å². The zero-order chi connectivity index (χ0) is 10.2. The van der Waals surface area contributed by atoms with Crippen molar-refractivity contribution in [2.75, 3.05) is 5.73 Å². The van der Waals surface area contributed by atoms with Crippen molar-refractivity contribution in [2.45, 2.75) is 6.18 Å². The summed E-state index contributed by atoms with van der Waals surface area (Å²) in [5, 5.41) is -0.596.